The number of ether oxygens (including phenoxy) is 1. The van der Waals surface area contributed by atoms with Crippen molar-refractivity contribution >= 4 is 5.69 Å². The standard InChI is InChI=1S/C12H19NO2/c1-11-4-3-5-12(10-11)13(6-8-14)7-9-15-2/h3-5,10,14H,6-9H2,1-2H3. The molecule has 0 unspecified atom stereocenters. The molecule has 3 heteroatoms. The molecule has 0 aliphatic rings. The molecule has 15 heavy (non-hydrogen) atoms. The molecular weight excluding hydrogens is 190 g/mol. The average molecular weight is 209 g/mol. The summed E-state index contributed by atoms with van der Waals surface area (Å²) in [6.07, 6.45) is 0. The Balaban J connectivity index is 2.69. The molecular formula is C12H19NO2. The van der Waals surface area contributed by atoms with Crippen molar-refractivity contribution in [3.05, 3.63) is 29.8 Å². The van der Waals surface area contributed by atoms with E-state index in [1.807, 2.05) is 6.07 Å². The van der Waals surface area contributed by atoms with Crippen molar-refractivity contribution in [1.29, 1.82) is 0 Å². The Labute approximate surface area is 91.3 Å². The monoisotopic (exact) mass is 209 g/mol. The minimum absolute atomic E-state index is 0.164. The number of aliphatic hydroxyl groups excluding tert-OH is 1. The lowest BCUT2D eigenvalue weighted by Gasteiger charge is -2.23. The molecule has 0 amide bonds. The molecule has 0 saturated carbocycles. The average Bonchev–Trinajstić information content (AvgIpc) is 2.24. The molecule has 0 aromatic heterocycles. The van der Waals surface area contributed by atoms with Gasteiger partial charge in [0, 0.05) is 25.9 Å². The summed E-state index contributed by atoms with van der Waals surface area (Å²) >= 11 is 0. The molecule has 1 aromatic rings. The van der Waals surface area contributed by atoms with Gasteiger partial charge in [-0.2, -0.15) is 0 Å². The van der Waals surface area contributed by atoms with Crippen LogP contribution in [0.5, 0.6) is 0 Å². The molecule has 0 bridgehead atoms. The van der Waals surface area contributed by atoms with Crippen LogP contribution in [0.2, 0.25) is 0 Å². The van der Waals surface area contributed by atoms with E-state index in [4.69, 9.17) is 9.84 Å². The fourth-order valence-electron chi connectivity index (χ4n) is 1.52. The highest BCUT2D eigenvalue weighted by atomic mass is 16.5. The Hall–Kier alpha value is -1.06. The van der Waals surface area contributed by atoms with Crippen molar-refractivity contribution in [3.63, 3.8) is 0 Å². The Morgan fingerprint density at radius 3 is 2.73 bits per heavy atom. The number of methoxy groups -OCH3 is 1. The summed E-state index contributed by atoms with van der Waals surface area (Å²) in [6.45, 7) is 4.36. The number of aliphatic hydroxyl groups is 1. The van der Waals surface area contributed by atoms with Crippen molar-refractivity contribution in [2.45, 2.75) is 6.92 Å². The number of rotatable bonds is 6. The van der Waals surface area contributed by atoms with Gasteiger partial charge in [-0.3, -0.25) is 0 Å². The van der Waals surface area contributed by atoms with Crippen LogP contribution in [0, 0.1) is 6.92 Å². The van der Waals surface area contributed by atoms with Crippen LogP contribution in [-0.2, 0) is 4.74 Å². The molecule has 0 aliphatic carbocycles. The zero-order chi connectivity index (χ0) is 11.1. The number of hydrogen-bond acceptors (Lipinski definition) is 3. The largest absolute Gasteiger partial charge is 0.395 e. The summed E-state index contributed by atoms with van der Waals surface area (Å²) in [6, 6.07) is 8.27. The molecule has 0 radical (unpaired) electrons. The maximum Gasteiger partial charge on any atom is 0.0637 e. The van der Waals surface area contributed by atoms with E-state index in [1.165, 1.54) is 5.56 Å². The topological polar surface area (TPSA) is 32.7 Å². The molecule has 0 heterocycles. The van der Waals surface area contributed by atoms with Gasteiger partial charge in [0.2, 0.25) is 0 Å². The second-order valence-corrected chi connectivity index (χ2v) is 3.54. The molecule has 1 N–H and O–H groups in total. The van der Waals surface area contributed by atoms with E-state index in [2.05, 4.69) is 30.0 Å². The summed E-state index contributed by atoms with van der Waals surface area (Å²) < 4.78 is 5.05. The third-order valence-corrected chi connectivity index (χ3v) is 2.30. The van der Waals surface area contributed by atoms with Crippen molar-refractivity contribution in [1.82, 2.24) is 0 Å². The maximum absolute atomic E-state index is 8.98. The van der Waals surface area contributed by atoms with Gasteiger partial charge in [0.1, 0.15) is 0 Å². The van der Waals surface area contributed by atoms with Crippen LogP contribution in [0.25, 0.3) is 0 Å². The van der Waals surface area contributed by atoms with Crippen molar-refractivity contribution < 1.29 is 9.84 Å². The van der Waals surface area contributed by atoms with Gasteiger partial charge in [-0.1, -0.05) is 12.1 Å². The van der Waals surface area contributed by atoms with Gasteiger partial charge in [0.15, 0.2) is 0 Å². The van der Waals surface area contributed by atoms with Gasteiger partial charge in [-0.25, -0.2) is 0 Å². The van der Waals surface area contributed by atoms with Crippen LogP contribution in [0.3, 0.4) is 0 Å². The predicted octanol–water partition coefficient (Wildman–Crippen LogP) is 1.44. The van der Waals surface area contributed by atoms with Crippen molar-refractivity contribution in [3.8, 4) is 0 Å². The Kier molecular flexibility index (Phi) is 5.15. The number of nitrogens with zero attached hydrogens (tertiary/aromatic N) is 1. The maximum atomic E-state index is 8.98. The summed E-state index contributed by atoms with van der Waals surface area (Å²) in [5, 5.41) is 8.98. The van der Waals surface area contributed by atoms with Gasteiger partial charge in [0.05, 0.1) is 13.2 Å². The van der Waals surface area contributed by atoms with Crippen LogP contribution in [-0.4, -0.2) is 38.5 Å². The fourth-order valence-corrected chi connectivity index (χ4v) is 1.52. The Morgan fingerprint density at radius 1 is 1.33 bits per heavy atom. The first-order chi connectivity index (χ1) is 7.27. The molecule has 0 saturated heterocycles. The number of hydrogen-bond donors (Lipinski definition) is 1. The summed E-state index contributed by atoms with van der Waals surface area (Å²) in [5.41, 5.74) is 2.37. The molecule has 0 atom stereocenters. The van der Waals surface area contributed by atoms with Crippen molar-refractivity contribution in [2.24, 2.45) is 0 Å². The fraction of sp³-hybridized carbons (Fsp3) is 0.500. The van der Waals surface area contributed by atoms with Crippen LogP contribution < -0.4 is 4.90 Å². The van der Waals surface area contributed by atoms with Crippen LogP contribution >= 0.6 is 0 Å². The number of anilines is 1. The van der Waals surface area contributed by atoms with Gasteiger partial charge in [-0.05, 0) is 24.6 Å². The second-order valence-electron chi connectivity index (χ2n) is 3.54. The molecule has 84 valence electrons. The van der Waals surface area contributed by atoms with Gasteiger partial charge in [-0.15, -0.1) is 0 Å². The lowest BCUT2D eigenvalue weighted by molar-refractivity contribution is 0.203. The summed E-state index contributed by atoms with van der Waals surface area (Å²) in [7, 11) is 1.69. The number of benzene rings is 1. The molecule has 3 nitrogen and oxygen atoms in total. The lowest BCUT2D eigenvalue weighted by Crippen LogP contribution is -2.30. The summed E-state index contributed by atoms with van der Waals surface area (Å²) in [5.74, 6) is 0. The van der Waals surface area contributed by atoms with E-state index in [9.17, 15) is 0 Å². The second kappa shape index (κ2) is 6.43. The van der Waals surface area contributed by atoms with Crippen LogP contribution in [0.15, 0.2) is 24.3 Å². The van der Waals surface area contributed by atoms with E-state index < -0.39 is 0 Å². The van der Waals surface area contributed by atoms with Crippen molar-refractivity contribution in [2.75, 3.05) is 38.3 Å². The first-order valence-corrected chi connectivity index (χ1v) is 5.19. The third kappa shape index (κ3) is 3.90. The molecule has 0 fully saturated rings. The van der Waals surface area contributed by atoms with Gasteiger partial charge >= 0.3 is 0 Å². The van der Waals surface area contributed by atoms with Crippen LogP contribution in [0.4, 0.5) is 5.69 Å². The smallest absolute Gasteiger partial charge is 0.0637 e. The first kappa shape index (κ1) is 12.0. The molecule has 0 spiro atoms. The minimum atomic E-state index is 0.164. The summed E-state index contributed by atoms with van der Waals surface area (Å²) in [4.78, 5) is 2.12. The van der Waals surface area contributed by atoms with E-state index in [0.29, 0.717) is 13.2 Å². The Bertz CT molecular complexity index is 289. The Morgan fingerprint density at radius 2 is 2.13 bits per heavy atom. The highest BCUT2D eigenvalue weighted by Crippen LogP contribution is 2.15. The van der Waals surface area contributed by atoms with Gasteiger partial charge < -0.3 is 14.7 Å². The SMILES string of the molecule is COCCN(CCO)c1cccc(C)c1. The van der Waals surface area contributed by atoms with Gasteiger partial charge in [0.25, 0.3) is 0 Å². The normalized spacial score (nSPS) is 10.3. The van der Waals surface area contributed by atoms with Crippen LogP contribution in [0.1, 0.15) is 5.56 Å². The molecule has 1 rings (SSSR count). The van der Waals surface area contributed by atoms with E-state index in [-0.39, 0.29) is 6.61 Å². The predicted molar refractivity (Wildman–Crippen MR) is 62.4 cm³/mol. The zero-order valence-corrected chi connectivity index (χ0v) is 9.44. The third-order valence-electron chi connectivity index (χ3n) is 2.30. The molecule has 1 aromatic carbocycles. The van der Waals surface area contributed by atoms with E-state index in [1.54, 1.807) is 7.11 Å². The quantitative estimate of drug-likeness (QED) is 0.769. The number of aryl methyl sites for hydroxylation is 1. The zero-order valence-electron chi connectivity index (χ0n) is 9.44. The lowest BCUT2D eigenvalue weighted by atomic mass is 10.2. The highest BCUT2D eigenvalue weighted by Gasteiger charge is 2.04. The molecule has 0 aliphatic heterocycles. The minimum Gasteiger partial charge on any atom is -0.395 e. The van der Waals surface area contributed by atoms with E-state index >= 15 is 0 Å². The van der Waals surface area contributed by atoms with E-state index in [0.717, 1.165) is 12.2 Å². The highest BCUT2D eigenvalue weighted by molar-refractivity contribution is 5.48. The first-order valence-electron chi connectivity index (χ1n) is 5.19.